The lowest BCUT2D eigenvalue weighted by molar-refractivity contribution is -0.157. The number of nitrogens with one attached hydrogen (secondary N) is 1. The van der Waals surface area contributed by atoms with Crippen molar-refractivity contribution in [2.45, 2.75) is 31.4 Å². The molecular weight excluding hydrogens is 249 g/mol. The number of benzene rings is 1. The molecule has 0 bridgehead atoms. The summed E-state index contributed by atoms with van der Waals surface area (Å²) in [6, 6.07) is 6.05. The van der Waals surface area contributed by atoms with E-state index in [9.17, 15) is 9.18 Å². The number of halogens is 1. The van der Waals surface area contributed by atoms with E-state index in [4.69, 9.17) is 9.47 Å². The highest BCUT2D eigenvalue weighted by molar-refractivity contribution is 5.86. The van der Waals surface area contributed by atoms with Gasteiger partial charge in [0.15, 0.2) is 0 Å². The monoisotopic (exact) mass is 267 g/mol. The van der Waals surface area contributed by atoms with E-state index in [1.54, 1.807) is 26.2 Å². The molecule has 0 saturated heterocycles. The molecule has 1 N–H and O–H groups in total. The maximum Gasteiger partial charge on any atom is 0.331 e. The van der Waals surface area contributed by atoms with Crippen LogP contribution in [-0.2, 0) is 14.3 Å². The van der Waals surface area contributed by atoms with Crippen molar-refractivity contribution in [3.05, 3.63) is 30.1 Å². The molecule has 0 atom stereocenters. The Balaban J connectivity index is 2.13. The Kier molecular flexibility index (Phi) is 4.04. The van der Waals surface area contributed by atoms with Crippen LogP contribution in [-0.4, -0.2) is 31.3 Å². The molecule has 0 unspecified atom stereocenters. The number of hydrogen-bond acceptors (Lipinski definition) is 4. The van der Waals surface area contributed by atoms with Gasteiger partial charge in [0.1, 0.15) is 11.4 Å². The first kappa shape index (κ1) is 13.8. The minimum absolute atomic E-state index is 0.0328. The van der Waals surface area contributed by atoms with Crippen LogP contribution in [0.15, 0.2) is 24.3 Å². The van der Waals surface area contributed by atoms with Gasteiger partial charge in [-0.2, -0.15) is 0 Å². The third kappa shape index (κ3) is 2.87. The molecule has 0 aromatic heterocycles. The summed E-state index contributed by atoms with van der Waals surface area (Å²) in [6.45, 7) is 2.09. The van der Waals surface area contributed by atoms with Gasteiger partial charge in [-0.3, -0.25) is 0 Å². The van der Waals surface area contributed by atoms with Crippen molar-refractivity contribution >= 4 is 11.7 Å². The largest absolute Gasteiger partial charge is 0.464 e. The van der Waals surface area contributed by atoms with E-state index in [2.05, 4.69) is 5.32 Å². The Labute approximate surface area is 111 Å². The maximum atomic E-state index is 13.2. The molecule has 5 heteroatoms. The Morgan fingerprint density at radius 3 is 2.84 bits per heavy atom. The molecule has 1 saturated carbocycles. The summed E-state index contributed by atoms with van der Waals surface area (Å²) in [6.07, 6.45) is 1.09. The van der Waals surface area contributed by atoms with Gasteiger partial charge in [0, 0.05) is 25.6 Å². The normalized spacial score (nSPS) is 25.5. The van der Waals surface area contributed by atoms with Crippen molar-refractivity contribution < 1.29 is 18.7 Å². The summed E-state index contributed by atoms with van der Waals surface area (Å²) in [5.41, 5.74) is -0.229. The molecule has 0 amide bonds. The van der Waals surface area contributed by atoms with Crippen LogP contribution in [0.5, 0.6) is 0 Å². The first-order valence-corrected chi connectivity index (χ1v) is 6.33. The van der Waals surface area contributed by atoms with Crippen LogP contribution >= 0.6 is 0 Å². The smallest absolute Gasteiger partial charge is 0.331 e. The van der Waals surface area contributed by atoms with Gasteiger partial charge < -0.3 is 14.8 Å². The number of esters is 1. The average molecular weight is 267 g/mol. The van der Waals surface area contributed by atoms with Gasteiger partial charge >= 0.3 is 5.97 Å². The highest BCUT2D eigenvalue weighted by Crippen LogP contribution is 2.38. The molecule has 1 fully saturated rings. The van der Waals surface area contributed by atoms with Gasteiger partial charge in [-0.1, -0.05) is 6.07 Å². The minimum Gasteiger partial charge on any atom is -0.464 e. The molecule has 104 valence electrons. The van der Waals surface area contributed by atoms with Gasteiger partial charge in [-0.05, 0) is 25.1 Å². The lowest BCUT2D eigenvalue weighted by Crippen LogP contribution is -2.59. The first-order valence-electron chi connectivity index (χ1n) is 6.33. The van der Waals surface area contributed by atoms with Gasteiger partial charge in [0.05, 0.1) is 12.7 Å². The summed E-state index contributed by atoms with van der Waals surface area (Å²) in [4.78, 5) is 12.1. The molecule has 19 heavy (non-hydrogen) atoms. The average Bonchev–Trinajstić information content (AvgIpc) is 2.33. The number of methoxy groups -OCH3 is 1. The molecule has 0 spiro atoms. The Bertz CT molecular complexity index is 458. The predicted molar refractivity (Wildman–Crippen MR) is 69.4 cm³/mol. The van der Waals surface area contributed by atoms with Crippen molar-refractivity contribution in [1.82, 2.24) is 0 Å². The maximum absolute atomic E-state index is 13.2. The highest BCUT2D eigenvalue weighted by Gasteiger charge is 2.52. The lowest BCUT2D eigenvalue weighted by Gasteiger charge is -2.45. The van der Waals surface area contributed by atoms with Gasteiger partial charge in [0.2, 0.25) is 0 Å². The van der Waals surface area contributed by atoms with Crippen LogP contribution in [0, 0.1) is 5.82 Å². The number of hydrogen-bond donors (Lipinski definition) is 1. The fourth-order valence-electron chi connectivity index (χ4n) is 2.32. The molecule has 4 nitrogen and oxygen atoms in total. The highest BCUT2D eigenvalue weighted by atomic mass is 19.1. The number of carbonyl (C=O) groups excluding carboxylic acids is 1. The summed E-state index contributed by atoms with van der Waals surface area (Å²) in [7, 11) is 1.61. The van der Waals surface area contributed by atoms with Gasteiger partial charge in [0.25, 0.3) is 0 Å². The van der Waals surface area contributed by atoms with Crippen LogP contribution in [0.25, 0.3) is 0 Å². The van der Waals surface area contributed by atoms with E-state index in [-0.39, 0.29) is 17.9 Å². The van der Waals surface area contributed by atoms with E-state index < -0.39 is 5.54 Å². The van der Waals surface area contributed by atoms with Crippen LogP contribution in [0.3, 0.4) is 0 Å². The van der Waals surface area contributed by atoms with Crippen molar-refractivity contribution in [2.75, 3.05) is 19.0 Å². The second-order valence-electron chi connectivity index (χ2n) is 4.70. The fraction of sp³-hybridized carbons (Fsp3) is 0.500. The second-order valence-corrected chi connectivity index (χ2v) is 4.70. The Hall–Kier alpha value is -1.62. The van der Waals surface area contributed by atoms with Gasteiger partial charge in [-0.25, -0.2) is 9.18 Å². The van der Waals surface area contributed by atoms with Crippen LogP contribution in [0.4, 0.5) is 10.1 Å². The Morgan fingerprint density at radius 2 is 2.26 bits per heavy atom. The van der Waals surface area contributed by atoms with Crippen LogP contribution in [0.2, 0.25) is 0 Å². The summed E-state index contributed by atoms with van der Waals surface area (Å²) in [5.74, 6) is -0.654. The molecule has 1 aliphatic carbocycles. The van der Waals surface area contributed by atoms with Crippen LogP contribution in [0.1, 0.15) is 19.8 Å². The number of ether oxygens (including phenoxy) is 2. The zero-order valence-corrected chi connectivity index (χ0v) is 11.1. The SMILES string of the molecule is CCOC(=O)C1(Nc2cccc(F)c2)CC(OC)C1. The topological polar surface area (TPSA) is 47.6 Å². The van der Waals surface area contributed by atoms with Gasteiger partial charge in [-0.15, -0.1) is 0 Å². The molecule has 0 radical (unpaired) electrons. The van der Waals surface area contributed by atoms with Crippen molar-refractivity contribution in [2.24, 2.45) is 0 Å². The summed E-state index contributed by atoms with van der Waals surface area (Å²) >= 11 is 0. The fourth-order valence-corrected chi connectivity index (χ4v) is 2.32. The molecule has 0 aliphatic heterocycles. The van der Waals surface area contributed by atoms with E-state index in [0.717, 1.165) is 0 Å². The standard InChI is InChI=1S/C14H18FNO3/c1-3-19-13(17)14(8-12(9-14)18-2)16-11-6-4-5-10(15)7-11/h4-7,12,16H,3,8-9H2,1-2H3. The molecule has 1 aromatic carbocycles. The Morgan fingerprint density at radius 1 is 1.53 bits per heavy atom. The molecular formula is C14H18FNO3. The van der Waals surface area contributed by atoms with Crippen molar-refractivity contribution in [1.29, 1.82) is 0 Å². The molecule has 2 rings (SSSR count). The van der Waals surface area contributed by atoms with E-state index in [1.165, 1.54) is 12.1 Å². The van der Waals surface area contributed by atoms with Crippen LogP contribution < -0.4 is 5.32 Å². The summed E-state index contributed by atoms with van der Waals surface area (Å²) in [5, 5.41) is 3.09. The third-order valence-corrected chi connectivity index (χ3v) is 3.36. The zero-order valence-electron chi connectivity index (χ0n) is 11.1. The molecule has 1 aromatic rings. The minimum atomic E-state index is -0.801. The van der Waals surface area contributed by atoms with Crippen molar-refractivity contribution in [3.8, 4) is 0 Å². The van der Waals surface area contributed by atoms with E-state index in [0.29, 0.717) is 25.1 Å². The predicted octanol–water partition coefficient (Wildman–Crippen LogP) is 2.35. The van der Waals surface area contributed by atoms with E-state index >= 15 is 0 Å². The zero-order chi connectivity index (χ0) is 13.9. The third-order valence-electron chi connectivity index (χ3n) is 3.36. The van der Waals surface area contributed by atoms with Crippen molar-refractivity contribution in [3.63, 3.8) is 0 Å². The lowest BCUT2D eigenvalue weighted by atomic mass is 9.74. The second kappa shape index (κ2) is 5.57. The van der Waals surface area contributed by atoms with E-state index in [1.807, 2.05) is 0 Å². The number of rotatable bonds is 5. The number of anilines is 1. The summed E-state index contributed by atoms with van der Waals surface area (Å²) < 4.78 is 23.5. The molecule has 0 heterocycles. The first-order chi connectivity index (χ1) is 9.09. The quantitative estimate of drug-likeness (QED) is 0.832. The number of carbonyl (C=O) groups is 1. The molecule has 1 aliphatic rings.